The zero-order chi connectivity index (χ0) is 11.0. The number of hydrogen-bond acceptors (Lipinski definition) is 2. The van der Waals surface area contributed by atoms with Crippen molar-refractivity contribution in [2.24, 2.45) is 7.05 Å². The third-order valence-corrected chi connectivity index (χ3v) is 2.81. The summed E-state index contributed by atoms with van der Waals surface area (Å²) in [6, 6.07) is 5.31. The van der Waals surface area contributed by atoms with E-state index in [1.54, 1.807) is 29.1 Å². The molecule has 0 amide bonds. The highest BCUT2D eigenvalue weighted by atomic mass is 35.5. The summed E-state index contributed by atoms with van der Waals surface area (Å²) in [6.07, 6.45) is 1.63. The number of nitrogens with two attached hydrogens (primary N) is 1. The summed E-state index contributed by atoms with van der Waals surface area (Å²) < 4.78 is 1.72. The first kappa shape index (κ1) is 10.3. The van der Waals surface area contributed by atoms with Crippen molar-refractivity contribution < 1.29 is 0 Å². The second-order valence-corrected chi connectivity index (χ2v) is 4.00. The highest BCUT2D eigenvalue weighted by Crippen LogP contribution is 2.36. The maximum absolute atomic E-state index is 6.06. The van der Waals surface area contributed by atoms with Crippen LogP contribution in [-0.4, -0.2) is 9.55 Å². The Hall–Kier alpha value is -1.19. The van der Waals surface area contributed by atoms with Crippen LogP contribution >= 0.6 is 23.2 Å². The maximum atomic E-state index is 6.06. The van der Waals surface area contributed by atoms with Crippen molar-refractivity contribution in [3.63, 3.8) is 0 Å². The molecule has 0 spiro atoms. The zero-order valence-corrected chi connectivity index (χ0v) is 9.55. The van der Waals surface area contributed by atoms with Gasteiger partial charge in [-0.2, -0.15) is 0 Å². The third-order valence-electron chi connectivity index (χ3n) is 2.18. The van der Waals surface area contributed by atoms with Crippen LogP contribution in [0.2, 0.25) is 10.0 Å². The molecule has 1 aromatic heterocycles. The van der Waals surface area contributed by atoms with Gasteiger partial charge in [-0.05, 0) is 12.1 Å². The van der Waals surface area contributed by atoms with Gasteiger partial charge in [-0.25, -0.2) is 4.98 Å². The minimum absolute atomic E-state index is 0.546. The SMILES string of the molecule is Cn1cnc(-c2c(Cl)cccc2Cl)c1N. The summed E-state index contributed by atoms with van der Waals surface area (Å²) in [5.41, 5.74) is 7.15. The van der Waals surface area contributed by atoms with Crippen LogP contribution in [0.5, 0.6) is 0 Å². The summed E-state index contributed by atoms with van der Waals surface area (Å²) >= 11 is 12.1. The number of benzene rings is 1. The average molecular weight is 242 g/mol. The van der Waals surface area contributed by atoms with Gasteiger partial charge in [0, 0.05) is 12.6 Å². The van der Waals surface area contributed by atoms with E-state index in [0.717, 1.165) is 0 Å². The molecule has 1 heterocycles. The van der Waals surface area contributed by atoms with Crippen LogP contribution < -0.4 is 5.73 Å². The molecule has 0 fully saturated rings. The minimum atomic E-state index is 0.546. The van der Waals surface area contributed by atoms with Gasteiger partial charge in [0.2, 0.25) is 0 Å². The molecule has 0 aliphatic carbocycles. The number of rotatable bonds is 1. The van der Waals surface area contributed by atoms with Gasteiger partial charge in [0.1, 0.15) is 11.5 Å². The number of hydrogen-bond donors (Lipinski definition) is 1. The third kappa shape index (κ3) is 1.68. The molecule has 0 aliphatic heterocycles. The summed E-state index contributed by atoms with van der Waals surface area (Å²) in [7, 11) is 1.82. The molecule has 78 valence electrons. The van der Waals surface area contributed by atoms with Gasteiger partial charge in [-0.3, -0.25) is 0 Å². The summed E-state index contributed by atoms with van der Waals surface area (Å²) in [6.45, 7) is 0. The quantitative estimate of drug-likeness (QED) is 0.835. The molecule has 0 radical (unpaired) electrons. The average Bonchev–Trinajstić information content (AvgIpc) is 2.49. The fraction of sp³-hybridized carbons (Fsp3) is 0.100. The van der Waals surface area contributed by atoms with Crippen LogP contribution in [0.1, 0.15) is 0 Å². The highest BCUT2D eigenvalue weighted by molar-refractivity contribution is 6.39. The van der Waals surface area contributed by atoms with Crippen LogP contribution in [0.3, 0.4) is 0 Å². The Balaban J connectivity index is 2.69. The summed E-state index contributed by atoms with van der Waals surface area (Å²) in [5.74, 6) is 0.546. The molecule has 0 atom stereocenters. The molecular weight excluding hydrogens is 233 g/mol. The van der Waals surface area contributed by atoms with Crippen LogP contribution in [0.25, 0.3) is 11.3 Å². The van der Waals surface area contributed by atoms with Crippen molar-refractivity contribution in [3.8, 4) is 11.3 Å². The van der Waals surface area contributed by atoms with E-state index < -0.39 is 0 Å². The summed E-state index contributed by atoms with van der Waals surface area (Å²) in [4.78, 5) is 4.18. The lowest BCUT2D eigenvalue weighted by Crippen LogP contribution is -1.96. The Morgan fingerprint density at radius 1 is 1.27 bits per heavy atom. The van der Waals surface area contributed by atoms with Crippen LogP contribution in [0.15, 0.2) is 24.5 Å². The Bertz CT molecular complexity index is 485. The fourth-order valence-corrected chi connectivity index (χ4v) is 1.93. The molecule has 2 N–H and O–H groups in total. The van der Waals surface area contributed by atoms with Crippen LogP contribution in [-0.2, 0) is 7.05 Å². The van der Waals surface area contributed by atoms with Crippen molar-refractivity contribution >= 4 is 29.0 Å². The van der Waals surface area contributed by atoms with Gasteiger partial charge in [0.05, 0.1) is 16.4 Å². The first-order valence-electron chi connectivity index (χ1n) is 4.32. The lowest BCUT2D eigenvalue weighted by atomic mass is 10.1. The zero-order valence-electron chi connectivity index (χ0n) is 8.04. The normalized spacial score (nSPS) is 10.6. The van der Waals surface area contributed by atoms with Gasteiger partial charge in [-0.1, -0.05) is 29.3 Å². The van der Waals surface area contributed by atoms with E-state index >= 15 is 0 Å². The van der Waals surface area contributed by atoms with Crippen molar-refractivity contribution in [1.82, 2.24) is 9.55 Å². The maximum Gasteiger partial charge on any atom is 0.131 e. The molecule has 2 aromatic rings. The second-order valence-electron chi connectivity index (χ2n) is 3.19. The lowest BCUT2D eigenvalue weighted by Gasteiger charge is -2.05. The molecule has 3 nitrogen and oxygen atoms in total. The smallest absolute Gasteiger partial charge is 0.131 e. The summed E-state index contributed by atoms with van der Waals surface area (Å²) in [5, 5.41) is 1.10. The van der Waals surface area contributed by atoms with E-state index in [1.165, 1.54) is 0 Å². The molecule has 0 aliphatic rings. The second kappa shape index (κ2) is 3.76. The topological polar surface area (TPSA) is 43.8 Å². The predicted octanol–water partition coefficient (Wildman–Crippen LogP) is 2.98. The monoisotopic (exact) mass is 241 g/mol. The van der Waals surface area contributed by atoms with E-state index in [2.05, 4.69) is 4.98 Å². The number of anilines is 1. The Morgan fingerprint density at radius 3 is 2.33 bits per heavy atom. The lowest BCUT2D eigenvalue weighted by molar-refractivity contribution is 0.925. The standard InChI is InChI=1S/C10H9Cl2N3/c1-15-5-14-9(10(15)13)8-6(11)3-2-4-7(8)12/h2-5H,13H2,1H3. The number of aryl methyl sites for hydroxylation is 1. The fourth-order valence-electron chi connectivity index (χ4n) is 1.36. The Labute approximate surface area is 97.4 Å². The molecule has 2 rings (SSSR count). The largest absolute Gasteiger partial charge is 0.383 e. The van der Waals surface area contributed by atoms with Crippen molar-refractivity contribution in [2.75, 3.05) is 5.73 Å². The van der Waals surface area contributed by atoms with Crippen LogP contribution in [0.4, 0.5) is 5.82 Å². The number of nitrogen functional groups attached to an aromatic ring is 1. The Kier molecular flexibility index (Phi) is 2.59. The number of halogens is 2. The van der Waals surface area contributed by atoms with E-state index in [1.807, 2.05) is 7.05 Å². The van der Waals surface area contributed by atoms with Crippen molar-refractivity contribution in [3.05, 3.63) is 34.6 Å². The van der Waals surface area contributed by atoms with Crippen molar-refractivity contribution in [2.45, 2.75) is 0 Å². The molecule has 0 bridgehead atoms. The van der Waals surface area contributed by atoms with E-state index in [-0.39, 0.29) is 0 Å². The van der Waals surface area contributed by atoms with Gasteiger partial charge >= 0.3 is 0 Å². The van der Waals surface area contributed by atoms with Gasteiger partial charge < -0.3 is 10.3 Å². The molecule has 15 heavy (non-hydrogen) atoms. The van der Waals surface area contributed by atoms with Crippen LogP contribution in [0, 0.1) is 0 Å². The van der Waals surface area contributed by atoms with E-state index in [4.69, 9.17) is 28.9 Å². The van der Waals surface area contributed by atoms with E-state index in [9.17, 15) is 0 Å². The number of imidazole rings is 1. The molecule has 0 saturated carbocycles. The highest BCUT2D eigenvalue weighted by Gasteiger charge is 2.14. The Morgan fingerprint density at radius 2 is 1.87 bits per heavy atom. The predicted molar refractivity (Wildman–Crippen MR) is 63.1 cm³/mol. The number of nitrogens with zero attached hydrogens (tertiary/aromatic N) is 2. The van der Waals surface area contributed by atoms with Gasteiger partial charge in [0.15, 0.2) is 0 Å². The molecular formula is C10H9Cl2N3. The molecule has 0 saturated heterocycles. The first-order chi connectivity index (χ1) is 7.11. The molecule has 1 aromatic carbocycles. The van der Waals surface area contributed by atoms with Gasteiger partial charge in [-0.15, -0.1) is 0 Å². The molecule has 0 unspecified atom stereocenters. The van der Waals surface area contributed by atoms with Crippen molar-refractivity contribution in [1.29, 1.82) is 0 Å². The molecule has 5 heteroatoms. The van der Waals surface area contributed by atoms with Gasteiger partial charge in [0.25, 0.3) is 0 Å². The first-order valence-corrected chi connectivity index (χ1v) is 5.08. The minimum Gasteiger partial charge on any atom is -0.383 e. The number of aromatic nitrogens is 2. The van der Waals surface area contributed by atoms with E-state index in [0.29, 0.717) is 27.1 Å².